The van der Waals surface area contributed by atoms with E-state index < -0.39 is 5.82 Å². The standard InChI is InChI=1S/C31H38FN3O2/c1-31(2)26-12-11-25(28(31)21-26)22-35(29(36)19-23-7-4-3-5-8-23)18-15-33-13-16-34(17-14-33)30(37)24-9-6-10-27(32)20-24/h3-11,20,26,28H,12-19,21-22H2,1-2H3. The van der Waals surface area contributed by atoms with Crippen molar-refractivity contribution in [1.82, 2.24) is 14.7 Å². The highest BCUT2D eigenvalue weighted by Crippen LogP contribution is 2.59. The van der Waals surface area contributed by atoms with Crippen LogP contribution in [0.1, 0.15) is 42.6 Å². The molecule has 0 aromatic heterocycles. The number of carbonyl (C=O) groups excluding carboxylic acids is 2. The molecule has 3 aliphatic carbocycles. The molecule has 5 nitrogen and oxygen atoms in total. The number of nitrogens with zero attached hydrogens (tertiary/aromatic N) is 3. The molecule has 1 saturated heterocycles. The monoisotopic (exact) mass is 503 g/mol. The first-order valence-corrected chi connectivity index (χ1v) is 13.6. The van der Waals surface area contributed by atoms with Gasteiger partial charge >= 0.3 is 0 Å². The van der Waals surface area contributed by atoms with Gasteiger partial charge in [0.05, 0.1) is 6.42 Å². The van der Waals surface area contributed by atoms with Crippen molar-refractivity contribution in [3.05, 3.63) is 83.2 Å². The molecule has 0 N–H and O–H groups in total. The van der Waals surface area contributed by atoms with Crippen molar-refractivity contribution in [2.75, 3.05) is 45.8 Å². The van der Waals surface area contributed by atoms with Gasteiger partial charge < -0.3 is 9.80 Å². The van der Waals surface area contributed by atoms with Crippen LogP contribution in [0.2, 0.25) is 0 Å². The number of benzene rings is 2. The molecule has 2 aromatic carbocycles. The molecule has 1 saturated carbocycles. The van der Waals surface area contributed by atoms with E-state index in [0.717, 1.165) is 37.5 Å². The SMILES string of the molecule is CC1(C)C2CC=C(CN(CCN3CCN(C(=O)c4cccc(F)c4)CC3)C(=O)Cc3ccccc3)C1C2. The third kappa shape index (κ3) is 5.64. The summed E-state index contributed by atoms with van der Waals surface area (Å²) in [7, 11) is 0. The third-order valence-corrected chi connectivity index (χ3v) is 8.92. The van der Waals surface area contributed by atoms with Crippen molar-refractivity contribution in [3.63, 3.8) is 0 Å². The normalized spacial score (nSPS) is 22.7. The summed E-state index contributed by atoms with van der Waals surface area (Å²) in [5.74, 6) is 1.02. The second kappa shape index (κ2) is 10.8. The van der Waals surface area contributed by atoms with Crippen LogP contribution in [-0.2, 0) is 11.2 Å². The van der Waals surface area contributed by atoms with Crippen molar-refractivity contribution in [2.45, 2.75) is 33.1 Å². The van der Waals surface area contributed by atoms with E-state index in [0.29, 0.717) is 49.5 Å². The Balaban J connectivity index is 1.19. The lowest BCUT2D eigenvalue weighted by Crippen LogP contribution is -2.52. The molecule has 2 unspecified atom stereocenters. The fraction of sp³-hybridized carbons (Fsp3) is 0.484. The van der Waals surface area contributed by atoms with E-state index >= 15 is 0 Å². The van der Waals surface area contributed by atoms with Crippen LogP contribution in [0.3, 0.4) is 0 Å². The number of fused-ring (bicyclic) bond motifs is 1. The van der Waals surface area contributed by atoms with Crippen LogP contribution in [0.25, 0.3) is 0 Å². The van der Waals surface area contributed by atoms with Crippen molar-refractivity contribution in [3.8, 4) is 0 Å². The smallest absolute Gasteiger partial charge is 0.254 e. The van der Waals surface area contributed by atoms with Crippen molar-refractivity contribution in [1.29, 1.82) is 0 Å². The van der Waals surface area contributed by atoms with E-state index in [1.807, 2.05) is 30.3 Å². The zero-order valence-corrected chi connectivity index (χ0v) is 22.0. The van der Waals surface area contributed by atoms with E-state index in [1.165, 1.54) is 24.1 Å². The molecule has 196 valence electrons. The topological polar surface area (TPSA) is 43.9 Å². The van der Waals surface area contributed by atoms with Gasteiger partial charge in [-0.1, -0.05) is 61.9 Å². The van der Waals surface area contributed by atoms with Gasteiger partial charge in [0, 0.05) is 51.4 Å². The summed E-state index contributed by atoms with van der Waals surface area (Å²) >= 11 is 0. The molecule has 2 fully saturated rings. The molecule has 0 spiro atoms. The Morgan fingerprint density at radius 1 is 1.03 bits per heavy atom. The van der Waals surface area contributed by atoms with E-state index in [9.17, 15) is 14.0 Å². The molecule has 1 aliphatic heterocycles. The highest BCUT2D eigenvalue weighted by Gasteiger charge is 2.51. The zero-order chi connectivity index (χ0) is 26.0. The van der Waals surface area contributed by atoms with Crippen LogP contribution in [0.4, 0.5) is 4.39 Å². The quantitative estimate of drug-likeness (QED) is 0.493. The van der Waals surface area contributed by atoms with Gasteiger partial charge in [-0.15, -0.1) is 0 Å². The number of carbonyl (C=O) groups is 2. The minimum atomic E-state index is -0.390. The van der Waals surface area contributed by atoms with Crippen molar-refractivity contribution < 1.29 is 14.0 Å². The summed E-state index contributed by atoms with van der Waals surface area (Å²) in [6, 6.07) is 15.9. The molecular formula is C31H38FN3O2. The molecule has 2 aromatic rings. The van der Waals surface area contributed by atoms with Gasteiger partial charge in [-0.2, -0.15) is 0 Å². The summed E-state index contributed by atoms with van der Waals surface area (Å²) in [6.07, 6.45) is 5.19. The van der Waals surface area contributed by atoms with Crippen LogP contribution in [0.15, 0.2) is 66.2 Å². The Morgan fingerprint density at radius 3 is 2.46 bits per heavy atom. The highest BCUT2D eigenvalue weighted by molar-refractivity contribution is 5.94. The first-order chi connectivity index (χ1) is 17.8. The Kier molecular flexibility index (Phi) is 7.47. The molecule has 2 atom stereocenters. The van der Waals surface area contributed by atoms with Crippen LogP contribution < -0.4 is 0 Å². The van der Waals surface area contributed by atoms with Gasteiger partial charge in [0.15, 0.2) is 0 Å². The average Bonchev–Trinajstić information content (AvgIpc) is 2.91. The third-order valence-electron chi connectivity index (χ3n) is 8.92. The summed E-state index contributed by atoms with van der Waals surface area (Å²) < 4.78 is 13.6. The first-order valence-electron chi connectivity index (χ1n) is 13.6. The van der Waals surface area contributed by atoms with Crippen molar-refractivity contribution >= 4 is 11.8 Å². The molecule has 1 heterocycles. The Bertz CT molecular complexity index is 1150. The Morgan fingerprint density at radius 2 is 1.78 bits per heavy atom. The Labute approximate surface area is 219 Å². The number of hydrogen-bond donors (Lipinski definition) is 0. The van der Waals surface area contributed by atoms with Gasteiger partial charge in [0.1, 0.15) is 5.82 Å². The fourth-order valence-corrected chi connectivity index (χ4v) is 6.29. The molecule has 2 amide bonds. The maximum absolute atomic E-state index is 13.6. The Hall–Kier alpha value is -2.99. The fourth-order valence-electron chi connectivity index (χ4n) is 6.29. The summed E-state index contributed by atoms with van der Waals surface area (Å²) in [5.41, 5.74) is 3.21. The van der Waals surface area contributed by atoms with Gasteiger partial charge in [0.25, 0.3) is 5.91 Å². The summed E-state index contributed by atoms with van der Waals surface area (Å²) in [6.45, 7) is 9.64. The summed E-state index contributed by atoms with van der Waals surface area (Å²) in [5, 5.41) is 0. The van der Waals surface area contributed by atoms with E-state index in [-0.39, 0.29) is 11.8 Å². The van der Waals surface area contributed by atoms with Crippen LogP contribution >= 0.6 is 0 Å². The highest BCUT2D eigenvalue weighted by atomic mass is 19.1. The largest absolute Gasteiger partial charge is 0.337 e. The second-order valence-corrected chi connectivity index (χ2v) is 11.4. The van der Waals surface area contributed by atoms with Gasteiger partial charge in [0.2, 0.25) is 5.91 Å². The van der Waals surface area contributed by atoms with Crippen LogP contribution in [0.5, 0.6) is 0 Å². The minimum Gasteiger partial charge on any atom is -0.337 e. The van der Waals surface area contributed by atoms with Crippen LogP contribution in [-0.4, -0.2) is 72.3 Å². The van der Waals surface area contributed by atoms with E-state index in [4.69, 9.17) is 0 Å². The van der Waals surface area contributed by atoms with Gasteiger partial charge in [-0.3, -0.25) is 14.5 Å². The molecule has 6 heteroatoms. The molecule has 0 radical (unpaired) electrons. The van der Waals surface area contributed by atoms with Gasteiger partial charge in [-0.05, 0) is 53.9 Å². The molecule has 6 rings (SSSR count). The number of halogens is 1. The molecule has 2 bridgehead atoms. The minimum absolute atomic E-state index is 0.121. The van der Waals surface area contributed by atoms with E-state index in [2.05, 4.69) is 29.7 Å². The number of piperazine rings is 1. The lowest BCUT2D eigenvalue weighted by molar-refractivity contribution is -0.130. The lowest BCUT2D eigenvalue weighted by Gasteiger charge is -2.57. The van der Waals surface area contributed by atoms with Crippen LogP contribution in [0, 0.1) is 23.1 Å². The van der Waals surface area contributed by atoms with Gasteiger partial charge in [-0.25, -0.2) is 4.39 Å². The summed E-state index contributed by atoms with van der Waals surface area (Å²) in [4.78, 5) is 32.4. The maximum atomic E-state index is 13.6. The number of amides is 2. The average molecular weight is 504 g/mol. The maximum Gasteiger partial charge on any atom is 0.254 e. The number of rotatable bonds is 8. The molecular weight excluding hydrogens is 465 g/mol. The molecule has 4 aliphatic rings. The number of allylic oxidation sites excluding steroid dienone is 1. The van der Waals surface area contributed by atoms with E-state index in [1.54, 1.807) is 17.0 Å². The first kappa shape index (κ1) is 25.7. The predicted octanol–water partition coefficient (Wildman–Crippen LogP) is 4.65. The molecule has 37 heavy (non-hydrogen) atoms. The lowest BCUT2D eigenvalue weighted by atomic mass is 9.49. The predicted molar refractivity (Wildman–Crippen MR) is 144 cm³/mol. The zero-order valence-electron chi connectivity index (χ0n) is 22.0. The number of hydrogen-bond acceptors (Lipinski definition) is 3. The van der Waals surface area contributed by atoms with Crippen molar-refractivity contribution in [2.24, 2.45) is 17.3 Å². The second-order valence-electron chi connectivity index (χ2n) is 11.4.